The van der Waals surface area contributed by atoms with Crippen LogP contribution in [0.3, 0.4) is 0 Å². The minimum Gasteiger partial charge on any atom is -0.497 e. The van der Waals surface area contributed by atoms with Crippen LogP contribution in [0.5, 0.6) is 5.75 Å². The Morgan fingerprint density at radius 2 is 1.72 bits per heavy atom. The molecule has 0 bridgehead atoms. The number of nitrogens with one attached hydrogen (secondary N) is 3. The Hall–Kier alpha value is -3.07. The summed E-state index contributed by atoms with van der Waals surface area (Å²) in [5.74, 6) is 0.337. The molecule has 32 heavy (non-hydrogen) atoms. The van der Waals surface area contributed by atoms with Gasteiger partial charge in [0.2, 0.25) is 5.91 Å². The third-order valence-electron chi connectivity index (χ3n) is 5.57. The molecule has 0 unspecified atom stereocenters. The van der Waals surface area contributed by atoms with Gasteiger partial charge in [-0.1, -0.05) is 38.2 Å². The first-order valence-corrected chi connectivity index (χ1v) is 12.2. The maximum Gasteiger partial charge on any atom is 0.269 e. The molecule has 0 radical (unpaired) electrons. The van der Waals surface area contributed by atoms with Gasteiger partial charge in [0, 0.05) is 17.7 Å². The first-order valence-electron chi connectivity index (χ1n) is 10.7. The number of sulfonamides is 1. The van der Waals surface area contributed by atoms with Crippen LogP contribution in [-0.4, -0.2) is 27.3 Å². The van der Waals surface area contributed by atoms with Crippen molar-refractivity contribution < 1.29 is 22.7 Å². The van der Waals surface area contributed by atoms with Crippen LogP contribution in [0.4, 0.5) is 5.69 Å². The molecular weight excluding hydrogens is 430 g/mol. The highest BCUT2D eigenvalue weighted by molar-refractivity contribution is 7.92. The van der Waals surface area contributed by atoms with Gasteiger partial charge in [0.1, 0.15) is 5.75 Å². The van der Waals surface area contributed by atoms with E-state index >= 15 is 0 Å². The fourth-order valence-electron chi connectivity index (χ4n) is 3.75. The number of anilines is 1. The Morgan fingerprint density at radius 1 is 1.00 bits per heavy atom. The molecule has 3 rings (SSSR count). The summed E-state index contributed by atoms with van der Waals surface area (Å²) in [6.45, 7) is 0. The Labute approximate surface area is 188 Å². The fourth-order valence-corrected chi connectivity index (χ4v) is 4.85. The second-order valence-corrected chi connectivity index (χ2v) is 9.59. The molecule has 1 aliphatic carbocycles. The van der Waals surface area contributed by atoms with Crippen LogP contribution < -0.4 is 20.3 Å². The highest BCUT2D eigenvalue weighted by Gasteiger charge is 2.18. The zero-order chi connectivity index (χ0) is 23.0. The first-order chi connectivity index (χ1) is 15.4. The van der Waals surface area contributed by atoms with Crippen molar-refractivity contribution in [2.24, 2.45) is 5.92 Å². The molecule has 1 aliphatic rings. The smallest absolute Gasteiger partial charge is 0.269 e. The molecule has 2 amide bonds. The Balaban J connectivity index is 1.55. The summed E-state index contributed by atoms with van der Waals surface area (Å²) in [6.07, 6.45) is 7.18. The van der Waals surface area contributed by atoms with E-state index in [1.165, 1.54) is 50.6 Å². The fraction of sp³-hybridized carbons (Fsp3) is 0.391. The van der Waals surface area contributed by atoms with Gasteiger partial charge in [-0.2, -0.15) is 0 Å². The molecule has 2 aromatic carbocycles. The van der Waals surface area contributed by atoms with Crippen LogP contribution in [0, 0.1) is 5.92 Å². The van der Waals surface area contributed by atoms with Gasteiger partial charge in [-0.3, -0.25) is 25.2 Å². The molecule has 9 heteroatoms. The zero-order valence-corrected chi connectivity index (χ0v) is 18.9. The summed E-state index contributed by atoms with van der Waals surface area (Å²) in [4.78, 5) is 24.4. The number of carbonyl (C=O) groups is 2. The third-order valence-corrected chi connectivity index (χ3v) is 6.95. The van der Waals surface area contributed by atoms with Crippen molar-refractivity contribution in [3.63, 3.8) is 0 Å². The average molecular weight is 460 g/mol. The van der Waals surface area contributed by atoms with Gasteiger partial charge in [-0.25, -0.2) is 8.42 Å². The summed E-state index contributed by atoms with van der Waals surface area (Å²) in [5.41, 5.74) is 5.26. The second kappa shape index (κ2) is 11.0. The van der Waals surface area contributed by atoms with E-state index in [9.17, 15) is 18.0 Å². The molecule has 2 aromatic rings. The maximum atomic E-state index is 12.7. The number of benzene rings is 2. The molecule has 0 atom stereocenters. The van der Waals surface area contributed by atoms with Crippen LogP contribution in [0.25, 0.3) is 0 Å². The number of hydrogen-bond donors (Lipinski definition) is 3. The Morgan fingerprint density at radius 3 is 2.41 bits per heavy atom. The van der Waals surface area contributed by atoms with Crippen molar-refractivity contribution in [2.45, 2.75) is 49.8 Å². The van der Waals surface area contributed by atoms with E-state index in [1.54, 1.807) is 24.3 Å². The molecule has 0 heterocycles. The van der Waals surface area contributed by atoms with Gasteiger partial charge in [-0.05, 0) is 54.8 Å². The number of carbonyl (C=O) groups excluding carboxylic acids is 2. The van der Waals surface area contributed by atoms with E-state index in [4.69, 9.17) is 4.74 Å². The predicted octanol–water partition coefficient (Wildman–Crippen LogP) is 3.62. The molecule has 0 aromatic heterocycles. The highest BCUT2D eigenvalue weighted by Crippen LogP contribution is 2.27. The predicted molar refractivity (Wildman–Crippen MR) is 122 cm³/mol. The minimum atomic E-state index is -3.90. The normalized spacial score (nSPS) is 14.4. The van der Waals surface area contributed by atoms with Crippen LogP contribution in [-0.2, 0) is 14.8 Å². The topological polar surface area (TPSA) is 114 Å². The monoisotopic (exact) mass is 459 g/mol. The second-order valence-electron chi connectivity index (χ2n) is 7.91. The number of ether oxygens (including phenoxy) is 1. The number of amides is 2. The average Bonchev–Trinajstić information content (AvgIpc) is 2.82. The molecule has 0 spiro atoms. The van der Waals surface area contributed by atoms with Crippen LogP contribution in [0.15, 0.2) is 53.4 Å². The highest BCUT2D eigenvalue weighted by atomic mass is 32.2. The van der Waals surface area contributed by atoms with Crippen molar-refractivity contribution in [2.75, 3.05) is 11.8 Å². The summed E-state index contributed by atoms with van der Waals surface area (Å²) in [5, 5.41) is 0. The van der Waals surface area contributed by atoms with Gasteiger partial charge in [-0.15, -0.1) is 0 Å². The quantitative estimate of drug-likeness (QED) is 0.522. The minimum absolute atomic E-state index is 0.0652. The molecule has 0 aliphatic heterocycles. The molecule has 0 saturated heterocycles. The lowest BCUT2D eigenvalue weighted by Gasteiger charge is -2.21. The van der Waals surface area contributed by atoms with Crippen molar-refractivity contribution >= 4 is 27.5 Å². The Kier molecular flexibility index (Phi) is 8.10. The lowest BCUT2D eigenvalue weighted by molar-refractivity contribution is -0.122. The third kappa shape index (κ3) is 6.71. The van der Waals surface area contributed by atoms with Crippen molar-refractivity contribution in [3.8, 4) is 5.75 Å². The number of hydrazine groups is 1. The van der Waals surface area contributed by atoms with Gasteiger partial charge in [0.05, 0.1) is 12.0 Å². The number of hydrogen-bond acceptors (Lipinski definition) is 5. The SMILES string of the molecule is COc1ccc(NS(=O)(=O)c2cccc(C(=O)NNC(=O)CCC3CCCCC3)c2)cc1. The Bertz CT molecular complexity index is 1030. The van der Waals surface area contributed by atoms with E-state index < -0.39 is 15.9 Å². The van der Waals surface area contributed by atoms with Crippen LogP contribution >= 0.6 is 0 Å². The standard InChI is InChI=1S/C23H29N3O5S/c1-31-20-13-11-19(12-14-20)26-32(29,30)21-9-5-8-18(16-21)23(28)25-24-22(27)15-10-17-6-3-2-4-7-17/h5,8-9,11-14,16-17,26H,2-4,6-7,10,15H2,1H3,(H,24,27)(H,25,28). The molecule has 1 saturated carbocycles. The van der Waals surface area contributed by atoms with E-state index in [0.29, 0.717) is 23.8 Å². The summed E-state index contributed by atoms with van der Waals surface area (Å²) >= 11 is 0. The van der Waals surface area contributed by atoms with Crippen LogP contribution in [0.1, 0.15) is 55.3 Å². The van der Waals surface area contributed by atoms with Gasteiger partial charge in [0.25, 0.3) is 15.9 Å². The zero-order valence-electron chi connectivity index (χ0n) is 18.1. The maximum absolute atomic E-state index is 12.7. The van der Waals surface area contributed by atoms with E-state index in [1.807, 2.05) is 0 Å². The van der Waals surface area contributed by atoms with Crippen molar-refractivity contribution in [1.82, 2.24) is 10.9 Å². The van der Waals surface area contributed by atoms with Crippen molar-refractivity contribution in [1.29, 1.82) is 0 Å². The van der Waals surface area contributed by atoms with E-state index in [-0.39, 0.29) is 16.4 Å². The van der Waals surface area contributed by atoms with Gasteiger partial charge < -0.3 is 4.74 Å². The molecule has 8 nitrogen and oxygen atoms in total. The van der Waals surface area contributed by atoms with Gasteiger partial charge in [0.15, 0.2) is 0 Å². The number of methoxy groups -OCH3 is 1. The molecule has 172 valence electrons. The lowest BCUT2D eigenvalue weighted by atomic mass is 9.86. The molecule has 3 N–H and O–H groups in total. The van der Waals surface area contributed by atoms with E-state index in [0.717, 1.165) is 19.3 Å². The molecule has 1 fully saturated rings. The molecular formula is C23H29N3O5S. The first kappa shape index (κ1) is 23.6. The lowest BCUT2D eigenvalue weighted by Crippen LogP contribution is -2.41. The van der Waals surface area contributed by atoms with Gasteiger partial charge >= 0.3 is 0 Å². The van der Waals surface area contributed by atoms with E-state index in [2.05, 4.69) is 15.6 Å². The largest absolute Gasteiger partial charge is 0.497 e. The summed E-state index contributed by atoms with van der Waals surface area (Å²) < 4.78 is 32.9. The van der Waals surface area contributed by atoms with Crippen molar-refractivity contribution in [3.05, 3.63) is 54.1 Å². The summed E-state index contributed by atoms with van der Waals surface area (Å²) in [7, 11) is -2.38. The van der Waals surface area contributed by atoms with Crippen LogP contribution in [0.2, 0.25) is 0 Å². The number of rotatable bonds is 8. The summed E-state index contributed by atoms with van der Waals surface area (Å²) in [6, 6.07) is 12.0.